The van der Waals surface area contributed by atoms with E-state index in [0.29, 0.717) is 17.9 Å². The quantitative estimate of drug-likeness (QED) is 0.769. The molecule has 0 heterocycles. The van der Waals surface area contributed by atoms with Crippen LogP contribution in [0.5, 0.6) is 11.5 Å². The van der Waals surface area contributed by atoms with E-state index in [4.69, 9.17) is 14.6 Å². The molecule has 0 aliphatic rings. The molecular weight excluding hydrogens is 168 g/mol. The van der Waals surface area contributed by atoms with Crippen LogP contribution in [0.25, 0.3) is 0 Å². The molecule has 0 aliphatic carbocycles. The zero-order valence-corrected chi connectivity index (χ0v) is 7.78. The van der Waals surface area contributed by atoms with Crippen LogP contribution in [0.15, 0.2) is 18.2 Å². The van der Waals surface area contributed by atoms with E-state index in [-0.39, 0.29) is 0 Å². The summed E-state index contributed by atoms with van der Waals surface area (Å²) < 4.78 is 10.2. The van der Waals surface area contributed by atoms with E-state index in [0.717, 1.165) is 12.2 Å². The van der Waals surface area contributed by atoms with Gasteiger partial charge in [0.1, 0.15) is 0 Å². The second-order valence-corrected chi connectivity index (χ2v) is 2.58. The van der Waals surface area contributed by atoms with Gasteiger partial charge in [0.05, 0.1) is 20.8 Å². The van der Waals surface area contributed by atoms with Crippen LogP contribution in [0, 0.1) is 6.61 Å². The molecule has 1 rings (SSSR count). The topological polar surface area (TPSA) is 38.7 Å². The SMILES string of the molecule is COc1ccc(C[CH]O)cc1OC. The first-order valence-corrected chi connectivity index (χ1v) is 3.98. The van der Waals surface area contributed by atoms with Gasteiger partial charge in [-0.15, -0.1) is 0 Å². The fourth-order valence-corrected chi connectivity index (χ4v) is 1.11. The molecule has 0 atom stereocenters. The Morgan fingerprint density at radius 1 is 1.23 bits per heavy atom. The van der Waals surface area contributed by atoms with Gasteiger partial charge in [0.2, 0.25) is 0 Å². The molecule has 1 aromatic rings. The zero-order chi connectivity index (χ0) is 9.68. The van der Waals surface area contributed by atoms with Gasteiger partial charge in [-0.2, -0.15) is 0 Å². The largest absolute Gasteiger partial charge is 0.493 e. The molecule has 0 fully saturated rings. The summed E-state index contributed by atoms with van der Waals surface area (Å²) in [4.78, 5) is 0. The fraction of sp³-hybridized carbons (Fsp3) is 0.300. The van der Waals surface area contributed by atoms with Crippen LogP contribution in [0.4, 0.5) is 0 Å². The summed E-state index contributed by atoms with van der Waals surface area (Å²) in [5.41, 5.74) is 0.986. The van der Waals surface area contributed by atoms with Crippen molar-refractivity contribution in [1.82, 2.24) is 0 Å². The summed E-state index contributed by atoms with van der Waals surface area (Å²) in [6.45, 7) is 1.11. The number of hydrogen-bond acceptors (Lipinski definition) is 3. The number of rotatable bonds is 4. The third kappa shape index (κ3) is 2.36. The van der Waals surface area contributed by atoms with Gasteiger partial charge in [-0.3, -0.25) is 0 Å². The molecule has 0 aromatic heterocycles. The molecule has 0 bridgehead atoms. The highest BCUT2D eigenvalue weighted by Gasteiger charge is 2.03. The molecule has 0 aliphatic heterocycles. The summed E-state index contributed by atoms with van der Waals surface area (Å²) in [6, 6.07) is 5.54. The van der Waals surface area contributed by atoms with E-state index in [1.165, 1.54) is 0 Å². The van der Waals surface area contributed by atoms with Crippen molar-refractivity contribution in [1.29, 1.82) is 0 Å². The lowest BCUT2D eigenvalue weighted by atomic mass is 10.1. The van der Waals surface area contributed by atoms with Gasteiger partial charge in [0.25, 0.3) is 0 Å². The van der Waals surface area contributed by atoms with E-state index in [9.17, 15) is 0 Å². The number of aliphatic hydroxyl groups is 1. The molecule has 71 valence electrons. The van der Waals surface area contributed by atoms with Gasteiger partial charge in [-0.25, -0.2) is 0 Å². The molecule has 0 spiro atoms. The summed E-state index contributed by atoms with van der Waals surface area (Å²) in [7, 11) is 3.18. The van der Waals surface area contributed by atoms with Crippen molar-refractivity contribution < 1.29 is 14.6 Å². The third-order valence-electron chi connectivity index (χ3n) is 1.77. The molecule has 1 aromatic carbocycles. The predicted molar refractivity (Wildman–Crippen MR) is 49.5 cm³/mol. The summed E-state index contributed by atoms with van der Waals surface area (Å²) in [5.74, 6) is 1.38. The predicted octanol–water partition coefficient (Wildman–Crippen LogP) is 1.78. The number of hydrogen-bond donors (Lipinski definition) is 1. The standard InChI is InChI=1S/C10H13O3/c1-12-9-4-3-8(5-6-11)7-10(9)13-2/h3-4,6-7,11H,5H2,1-2H3. The Labute approximate surface area is 77.9 Å². The summed E-state index contributed by atoms with van der Waals surface area (Å²) in [6.07, 6.45) is 0.514. The molecular formula is C10H13O3. The van der Waals surface area contributed by atoms with Crippen molar-refractivity contribution in [2.24, 2.45) is 0 Å². The minimum Gasteiger partial charge on any atom is -0.493 e. The van der Waals surface area contributed by atoms with Crippen LogP contribution in [0.3, 0.4) is 0 Å². The lowest BCUT2D eigenvalue weighted by molar-refractivity contribution is 0.353. The molecule has 3 heteroatoms. The molecule has 0 unspecified atom stereocenters. The van der Waals surface area contributed by atoms with Crippen molar-refractivity contribution >= 4 is 0 Å². The molecule has 1 N–H and O–H groups in total. The Kier molecular flexibility index (Phi) is 3.58. The Hall–Kier alpha value is -1.22. The Morgan fingerprint density at radius 3 is 2.46 bits per heavy atom. The average molecular weight is 181 g/mol. The van der Waals surface area contributed by atoms with Gasteiger partial charge in [-0.1, -0.05) is 6.07 Å². The summed E-state index contributed by atoms with van der Waals surface area (Å²) >= 11 is 0. The average Bonchev–Trinajstić information content (AvgIpc) is 2.18. The Morgan fingerprint density at radius 2 is 1.92 bits per heavy atom. The van der Waals surface area contributed by atoms with Crippen molar-refractivity contribution in [3.63, 3.8) is 0 Å². The normalized spacial score (nSPS) is 9.77. The van der Waals surface area contributed by atoms with Gasteiger partial charge >= 0.3 is 0 Å². The van der Waals surface area contributed by atoms with E-state index in [1.54, 1.807) is 14.2 Å². The maximum Gasteiger partial charge on any atom is 0.160 e. The van der Waals surface area contributed by atoms with Crippen LogP contribution in [0.1, 0.15) is 5.56 Å². The van der Waals surface area contributed by atoms with Crippen LogP contribution < -0.4 is 9.47 Å². The first-order chi connectivity index (χ1) is 6.31. The molecule has 13 heavy (non-hydrogen) atoms. The number of aliphatic hydroxyl groups excluding tert-OH is 1. The first-order valence-electron chi connectivity index (χ1n) is 3.98. The third-order valence-corrected chi connectivity index (χ3v) is 1.77. The van der Waals surface area contributed by atoms with Gasteiger partial charge in [0, 0.05) is 6.42 Å². The maximum absolute atomic E-state index is 8.61. The first kappa shape index (κ1) is 9.86. The van der Waals surface area contributed by atoms with Crippen LogP contribution >= 0.6 is 0 Å². The van der Waals surface area contributed by atoms with E-state index in [1.807, 2.05) is 18.2 Å². The molecule has 0 saturated carbocycles. The highest BCUT2D eigenvalue weighted by Crippen LogP contribution is 2.27. The lowest BCUT2D eigenvalue weighted by Gasteiger charge is -2.08. The van der Waals surface area contributed by atoms with Gasteiger partial charge < -0.3 is 14.6 Å². The Bertz CT molecular complexity index is 271. The second-order valence-electron chi connectivity index (χ2n) is 2.58. The van der Waals surface area contributed by atoms with Crippen LogP contribution in [-0.4, -0.2) is 19.3 Å². The smallest absolute Gasteiger partial charge is 0.160 e. The minimum absolute atomic E-state index is 0.514. The molecule has 1 radical (unpaired) electrons. The van der Waals surface area contributed by atoms with Crippen molar-refractivity contribution in [3.05, 3.63) is 30.4 Å². The van der Waals surface area contributed by atoms with Crippen molar-refractivity contribution in [2.45, 2.75) is 6.42 Å². The maximum atomic E-state index is 8.61. The van der Waals surface area contributed by atoms with Gasteiger partial charge in [-0.05, 0) is 17.7 Å². The Balaban J connectivity index is 2.91. The highest BCUT2D eigenvalue weighted by molar-refractivity contribution is 5.43. The van der Waals surface area contributed by atoms with E-state index in [2.05, 4.69) is 0 Å². The minimum atomic E-state index is 0.514. The van der Waals surface area contributed by atoms with Crippen LogP contribution in [-0.2, 0) is 6.42 Å². The van der Waals surface area contributed by atoms with Crippen molar-refractivity contribution in [3.8, 4) is 11.5 Å². The second kappa shape index (κ2) is 4.72. The molecule has 0 saturated heterocycles. The molecule has 0 amide bonds. The number of benzene rings is 1. The van der Waals surface area contributed by atoms with Crippen molar-refractivity contribution in [2.75, 3.05) is 14.2 Å². The lowest BCUT2D eigenvalue weighted by Crippen LogP contribution is -1.92. The zero-order valence-electron chi connectivity index (χ0n) is 7.78. The number of methoxy groups -OCH3 is 2. The van der Waals surface area contributed by atoms with E-state index < -0.39 is 0 Å². The van der Waals surface area contributed by atoms with Crippen LogP contribution in [0.2, 0.25) is 0 Å². The highest BCUT2D eigenvalue weighted by atomic mass is 16.5. The molecule has 3 nitrogen and oxygen atoms in total. The fourth-order valence-electron chi connectivity index (χ4n) is 1.11. The summed E-state index contributed by atoms with van der Waals surface area (Å²) in [5, 5.41) is 8.61. The monoisotopic (exact) mass is 181 g/mol. The van der Waals surface area contributed by atoms with Gasteiger partial charge in [0.15, 0.2) is 11.5 Å². The van der Waals surface area contributed by atoms with E-state index >= 15 is 0 Å². The number of ether oxygens (including phenoxy) is 2.